The van der Waals surface area contributed by atoms with Crippen LogP contribution in [0.1, 0.15) is 71.3 Å². The van der Waals surface area contributed by atoms with E-state index in [0.29, 0.717) is 17.5 Å². The van der Waals surface area contributed by atoms with E-state index in [4.69, 9.17) is 9.47 Å². The van der Waals surface area contributed by atoms with Gasteiger partial charge in [0.2, 0.25) is 0 Å². The van der Waals surface area contributed by atoms with Gasteiger partial charge in [-0.2, -0.15) is 0 Å². The number of benzene rings is 1. The summed E-state index contributed by atoms with van der Waals surface area (Å²) in [6, 6.07) is 6.43. The van der Waals surface area contributed by atoms with E-state index in [0.717, 1.165) is 12.1 Å². The summed E-state index contributed by atoms with van der Waals surface area (Å²) in [4.78, 5) is 12.1. The van der Waals surface area contributed by atoms with Crippen molar-refractivity contribution in [3.05, 3.63) is 23.8 Å². The lowest BCUT2D eigenvalue weighted by molar-refractivity contribution is -0.124. The minimum Gasteiger partial charge on any atom is -0.493 e. The molecule has 1 fully saturated rings. The van der Waals surface area contributed by atoms with E-state index >= 15 is 0 Å². The van der Waals surface area contributed by atoms with Crippen LogP contribution in [0.2, 0.25) is 0 Å². The first-order valence-electron chi connectivity index (χ1n) is 10.2. The summed E-state index contributed by atoms with van der Waals surface area (Å²) in [6.07, 6.45) is 9.11. The summed E-state index contributed by atoms with van der Waals surface area (Å²) in [5.74, 6) is 1.19. The highest BCUT2D eigenvalue weighted by molar-refractivity contribution is 5.78. The summed E-state index contributed by atoms with van der Waals surface area (Å²) in [5, 5.41) is 6.61. The maximum Gasteiger partial charge on any atom is 0.258 e. The largest absolute Gasteiger partial charge is 0.493 e. The number of hydrogen-bond acceptors (Lipinski definition) is 4. The van der Waals surface area contributed by atoms with Crippen LogP contribution >= 0.6 is 0 Å². The maximum absolute atomic E-state index is 12.1. The van der Waals surface area contributed by atoms with Crippen LogP contribution in [0, 0.1) is 0 Å². The fourth-order valence-corrected chi connectivity index (χ4v) is 3.53. The molecule has 27 heavy (non-hydrogen) atoms. The first kappa shape index (κ1) is 21.5. The summed E-state index contributed by atoms with van der Waals surface area (Å²) >= 11 is 0. The Hall–Kier alpha value is -1.75. The van der Waals surface area contributed by atoms with Crippen molar-refractivity contribution in [3.63, 3.8) is 0 Å². The van der Waals surface area contributed by atoms with Crippen molar-refractivity contribution in [2.45, 2.75) is 83.8 Å². The third-order valence-electron chi connectivity index (χ3n) is 4.83. The summed E-state index contributed by atoms with van der Waals surface area (Å²) < 4.78 is 11.3. The Kier molecular flexibility index (Phi) is 8.42. The van der Waals surface area contributed by atoms with Gasteiger partial charge in [-0.1, -0.05) is 44.2 Å². The van der Waals surface area contributed by atoms with E-state index in [1.54, 1.807) is 7.11 Å². The molecule has 1 aromatic carbocycles. The van der Waals surface area contributed by atoms with Crippen LogP contribution in [0.15, 0.2) is 18.2 Å². The van der Waals surface area contributed by atoms with Crippen molar-refractivity contribution < 1.29 is 14.3 Å². The number of para-hydroxylation sites is 1. The number of hydrogen-bond donors (Lipinski definition) is 2. The zero-order valence-corrected chi connectivity index (χ0v) is 17.4. The zero-order chi connectivity index (χ0) is 19.7. The quantitative estimate of drug-likeness (QED) is 0.749. The highest BCUT2D eigenvalue weighted by Gasteiger charge is 2.18. The number of methoxy groups -OCH3 is 1. The van der Waals surface area contributed by atoms with Crippen LogP contribution in [0.5, 0.6) is 11.5 Å². The molecule has 0 atom stereocenters. The Balaban J connectivity index is 1.99. The predicted octanol–water partition coefficient (Wildman–Crippen LogP) is 4.19. The van der Waals surface area contributed by atoms with E-state index in [9.17, 15) is 4.79 Å². The molecule has 0 spiro atoms. The fourth-order valence-electron chi connectivity index (χ4n) is 3.53. The Morgan fingerprint density at radius 3 is 2.41 bits per heavy atom. The SMILES string of the molecule is COc1cccc(CNC2CCCCCCC2)c1OCC(=O)NC(C)(C)C. The van der Waals surface area contributed by atoms with Crippen LogP contribution in [-0.2, 0) is 11.3 Å². The lowest BCUT2D eigenvalue weighted by atomic mass is 9.96. The Morgan fingerprint density at radius 2 is 1.78 bits per heavy atom. The molecule has 0 unspecified atom stereocenters. The molecule has 0 aliphatic heterocycles. The molecule has 152 valence electrons. The van der Waals surface area contributed by atoms with Gasteiger partial charge in [0.15, 0.2) is 18.1 Å². The molecule has 5 nitrogen and oxygen atoms in total. The lowest BCUT2D eigenvalue weighted by Gasteiger charge is -2.23. The van der Waals surface area contributed by atoms with Gasteiger partial charge in [0, 0.05) is 23.7 Å². The van der Waals surface area contributed by atoms with Gasteiger partial charge >= 0.3 is 0 Å². The zero-order valence-electron chi connectivity index (χ0n) is 17.4. The molecule has 1 aromatic rings. The topological polar surface area (TPSA) is 59.6 Å². The molecule has 0 radical (unpaired) electrons. The number of nitrogens with one attached hydrogen (secondary N) is 2. The molecule has 2 rings (SSSR count). The molecule has 1 aliphatic rings. The molecule has 0 aromatic heterocycles. The summed E-state index contributed by atoms with van der Waals surface area (Å²) in [6.45, 7) is 6.57. The van der Waals surface area contributed by atoms with Crippen LogP contribution in [0.3, 0.4) is 0 Å². The standard InChI is InChI=1S/C22H36N2O3/c1-22(2,3)24-20(25)16-27-21-17(11-10-14-19(21)26-4)15-23-18-12-8-6-5-7-9-13-18/h10-11,14,18,23H,5-9,12-13,15-16H2,1-4H3,(H,24,25). The summed E-state index contributed by atoms with van der Waals surface area (Å²) in [7, 11) is 1.63. The van der Waals surface area contributed by atoms with Crippen LogP contribution in [0.25, 0.3) is 0 Å². The van der Waals surface area contributed by atoms with Crippen LogP contribution in [0.4, 0.5) is 0 Å². The Bertz CT molecular complexity index is 588. The van der Waals surface area contributed by atoms with E-state index in [2.05, 4.69) is 10.6 Å². The monoisotopic (exact) mass is 376 g/mol. The van der Waals surface area contributed by atoms with Crippen LogP contribution in [-0.4, -0.2) is 31.2 Å². The van der Waals surface area contributed by atoms with Gasteiger partial charge in [-0.15, -0.1) is 0 Å². The van der Waals surface area contributed by atoms with Gasteiger partial charge in [0.25, 0.3) is 5.91 Å². The third kappa shape index (κ3) is 7.79. The molecular formula is C22H36N2O3. The lowest BCUT2D eigenvalue weighted by Crippen LogP contribution is -2.43. The number of rotatable bonds is 7. The minimum absolute atomic E-state index is 0.0198. The van der Waals surface area contributed by atoms with E-state index in [-0.39, 0.29) is 18.1 Å². The van der Waals surface area contributed by atoms with Gasteiger partial charge < -0.3 is 20.1 Å². The number of ether oxygens (including phenoxy) is 2. The van der Waals surface area contributed by atoms with Crippen molar-refractivity contribution in [1.82, 2.24) is 10.6 Å². The highest BCUT2D eigenvalue weighted by atomic mass is 16.5. The summed E-state index contributed by atoms with van der Waals surface area (Å²) in [5.41, 5.74) is 0.754. The van der Waals surface area contributed by atoms with E-state index in [1.807, 2.05) is 39.0 Å². The van der Waals surface area contributed by atoms with Crippen molar-refractivity contribution in [2.24, 2.45) is 0 Å². The van der Waals surface area contributed by atoms with Gasteiger partial charge in [-0.25, -0.2) is 0 Å². The molecule has 1 aliphatic carbocycles. The molecule has 2 N–H and O–H groups in total. The Labute approximate surface area is 164 Å². The third-order valence-corrected chi connectivity index (χ3v) is 4.83. The van der Waals surface area contributed by atoms with Gasteiger partial charge in [0.05, 0.1) is 7.11 Å². The smallest absolute Gasteiger partial charge is 0.258 e. The van der Waals surface area contributed by atoms with Crippen molar-refractivity contribution in [3.8, 4) is 11.5 Å². The molecule has 0 saturated heterocycles. The van der Waals surface area contributed by atoms with Gasteiger partial charge in [-0.05, 0) is 39.7 Å². The second-order valence-corrected chi connectivity index (χ2v) is 8.46. The van der Waals surface area contributed by atoms with Crippen molar-refractivity contribution in [2.75, 3.05) is 13.7 Å². The number of carbonyl (C=O) groups excluding carboxylic acids is 1. The predicted molar refractivity (Wildman–Crippen MR) is 109 cm³/mol. The number of amides is 1. The maximum atomic E-state index is 12.1. The molecule has 0 heterocycles. The highest BCUT2D eigenvalue weighted by Crippen LogP contribution is 2.31. The first-order chi connectivity index (χ1) is 12.9. The van der Waals surface area contributed by atoms with Crippen LogP contribution < -0.4 is 20.1 Å². The first-order valence-corrected chi connectivity index (χ1v) is 10.2. The molecular weight excluding hydrogens is 340 g/mol. The molecule has 1 amide bonds. The second-order valence-electron chi connectivity index (χ2n) is 8.46. The molecule has 0 bridgehead atoms. The molecule has 5 heteroatoms. The number of carbonyl (C=O) groups is 1. The average Bonchev–Trinajstić information content (AvgIpc) is 2.57. The van der Waals surface area contributed by atoms with Crippen molar-refractivity contribution in [1.29, 1.82) is 0 Å². The fraction of sp³-hybridized carbons (Fsp3) is 0.682. The average molecular weight is 377 g/mol. The second kappa shape index (κ2) is 10.5. The molecule has 1 saturated carbocycles. The van der Waals surface area contributed by atoms with Gasteiger partial charge in [-0.3, -0.25) is 4.79 Å². The van der Waals surface area contributed by atoms with Gasteiger partial charge in [0.1, 0.15) is 0 Å². The minimum atomic E-state index is -0.274. The van der Waals surface area contributed by atoms with Crippen molar-refractivity contribution >= 4 is 5.91 Å². The Morgan fingerprint density at radius 1 is 1.11 bits per heavy atom. The normalized spacial score (nSPS) is 16.3. The van der Waals surface area contributed by atoms with E-state index < -0.39 is 0 Å². The van der Waals surface area contributed by atoms with E-state index in [1.165, 1.54) is 44.9 Å².